The van der Waals surface area contributed by atoms with Crippen LogP contribution < -0.4 is 0 Å². The van der Waals surface area contributed by atoms with E-state index < -0.39 is 97.5 Å². The number of rotatable bonds is 65. The number of hydrogen-bond acceptors (Lipinski definition) is 15. The molecule has 84 heavy (non-hydrogen) atoms. The second-order valence-electron chi connectivity index (χ2n) is 23.7. The van der Waals surface area contributed by atoms with Gasteiger partial charge >= 0.3 is 39.5 Å². The zero-order chi connectivity index (χ0) is 62.0. The minimum absolute atomic E-state index is 0.105. The third-order valence-electron chi connectivity index (χ3n) is 15.4. The lowest BCUT2D eigenvalue weighted by Gasteiger charge is -2.21. The van der Waals surface area contributed by atoms with Crippen LogP contribution in [0, 0.1) is 5.92 Å². The Morgan fingerprint density at radius 2 is 0.571 bits per heavy atom. The third kappa shape index (κ3) is 57.8. The fraction of sp³-hybridized carbons (Fsp3) is 0.938. The number of phosphoric acid groups is 2. The lowest BCUT2D eigenvalue weighted by atomic mass is 10.00. The molecule has 0 saturated heterocycles. The fourth-order valence-corrected chi connectivity index (χ4v) is 11.3. The van der Waals surface area contributed by atoms with Crippen molar-refractivity contribution in [2.45, 2.75) is 348 Å². The van der Waals surface area contributed by atoms with Crippen molar-refractivity contribution in [2.24, 2.45) is 5.92 Å². The second kappa shape index (κ2) is 58.7. The number of unbranched alkanes of at least 4 members (excludes halogenated alkanes) is 36. The molecule has 19 heteroatoms. The van der Waals surface area contributed by atoms with E-state index in [1.807, 2.05) is 0 Å². The van der Waals surface area contributed by atoms with E-state index in [1.165, 1.54) is 141 Å². The van der Waals surface area contributed by atoms with E-state index in [0.717, 1.165) is 109 Å². The predicted molar refractivity (Wildman–Crippen MR) is 335 cm³/mol. The van der Waals surface area contributed by atoms with Crippen molar-refractivity contribution in [1.82, 2.24) is 0 Å². The molecule has 0 bridgehead atoms. The van der Waals surface area contributed by atoms with Crippen molar-refractivity contribution in [3.05, 3.63) is 0 Å². The van der Waals surface area contributed by atoms with Gasteiger partial charge in [0.2, 0.25) is 0 Å². The number of ether oxygens (including phenoxy) is 4. The molecular weight excluding hydrogens is 1110 g/mol. The summed E-state index contributed by atoms with van der Waals surface area (Å²) >= 11 is 0. The molecule has 0 aromatic rings. The molecule has 0 rings (SSSR count). The van der Waals surface area contributed by atoms with Gasteiger partial charge in [0, 0.05) is 25.7 Å². The summed E-state index contributed by atoms with van der Waals surface area (Å²) in [5.41, 5.74) is 0. The zero-order valence-corrected chi connectivity index (χ0v) is 55.8. The van der Waals surface area contributed by atoms with Crippen LogP contribution in [0.25, 0.3) is 0 Å². The monoisotopic (exact) mass is 1240 g/mol. The Balaban J connectivity index is 5.09. The Kier molecular flexibility index (Phi) is 57.4. The van der Waals surface area contributed by atoms with E-state index >= 15 is 0 Å². The molecule has 0 aromatic carbocycles. The summed E-state index contributed by atoms with van der Waals surface area (Å²) in [7, 11) is -9.88. The summed E-state index contributed by atoms with van der Waals surface area (Å²) < 4.78 is 67.8. The maximum Gasteiger partial charge on any atom is 0.472 e. The van der Waals surface area contributed by atoms with Crippen molar-refractivity contribution >= 4 is 39.5 Å². The summed E-state index contributed by atoms with van der Waals surface area (Å²) in [5, 5.41) is 10.5. The number of aliphatic hydroxyl groups excluding tert-OH is 1. The molecule has 0 saturated carbocycles. The molecule has 3 N–H and O–H groups in total. The molecule has 0 aromatic heterocycles. The van der Waals surface area contributed by atoms with Gasteiger partial charge in [0.25, 0.3) is 0 Å². The molecule has 0 spiro atoms. The van der Waals surface area contributed by atoms with Gasteiger partial charge in [-0.05, 0) is 31.6 Å². The number of aliphatic hydroxyl groups is 1. The van der Waals surface area contributed by atoms with Crippen LogP contribution in [0.1, 0.15) is 330 Å². The highest BCUT2D eigenvalue weighted by Gasteiger charge is 2.30. The van der Waals surface area contributed by atoms with Crippen LogP contribution in [0.5, 0.6) is 0 Å². The average Bonchev–Trinajstić information content (AvgIpc) is 3.67. The maximum absolute atomic E-state index is 13.0. The average molecular weight is 1240 g/mol. The van der Waals surface area contributed by atoms with Crippen molar-refractivity contribution in [2.75, 3.05) is 39.6 Å². The molecular formula is C65H126O17P2. The predicted octanol–water partition coefficient (Wildman–Crippen LogP) is 18.2. The highest BCUT2D eigenvalue weighted by atomic mass is 31.2. The van der Waals surface area contributed by atoms with E-state index in [-0.39, 0.29) is 25.7 Å². The quantitative estimate of drug-likeness (QED) is 0.0222. The van der Waals surface area contributed by atoms with Gasteiger partial charge in [0.15, 0.2) is 12.2 Å². The van der Waals surface area contributed by atoms with Gasteiger partial charge in [0.05, 0.1) is 26.4 Å². The van der Waals surface area contributed by atoms with Crippen molar-refractivity contribution in [3.63, 3.8) is 0 Å². The topological polar surface area (TPSA) is 237 Å². The number of carbonyl (C=O) groups is 4. The second-order valence-corrected chi connectivity index (χ2v) is 26.7. The molecule has 0 aliphatic heterocycles. The van der Waals surface area contributed by atoms with Crippen LogP contribution in [0.2, 0.25) is 0 Å². The molecule has 6 atom stereocenters. The van der Waals surface area contributed by atoms with Crippen molar-refractivity contribution in [1.29, 1.82) is 0 Å². The Morgan fingerprint density at radius 3 is 0.845 bits per heavy atom. The van der Waals surface area contributed by atoms with E-state index in [9.17, 15) is 43.2 Å². The van der Waals surface area contributed by atoms with Gasteiger partial charge in [-0.2, -0.15) is 0 Å². The summed E-state index contributed by atoms with van der Waals surface area (Å²) in [4.78, 5) is 71.9. The largest absolute Gasteiger partial charge is 0.472 e. The Bertz CT molecular complexity index is 1640. The Morgan fingerprint density at radius 1 is 0.333 bits per heavy atom. The van der Waals surface area contributed by atoms with Gasteiger partial charge in [0.1, 0.15) is 19.3 Å². The van der Waals surface area contributed by atoms with E-state index in [1.54, 1.807) is 0 Å². The molecule has 0 aliphatic carbocycles. The molecule has 0 amide bonds. The van der Waals surface area contributed by atoms with Crippen molar-refractivity contribution < 1.29 is 80.2 Å². The Labute approximate surface area is 511 Å². The molecule has 0 fully saturated rings. The van der Waals surface area contributed by atoms with Crippen LogP contribution in [0.3, 0.4) is 0 Å². The fourth-order valence-electron chi connectivity index (χ4n) is 9.73. The lowest BCUT2D eigenvalue weighted by Crippen LogP contribution is -2.30. The number of hydrogen-bond donors (Lipinski definition) is 3. The molecule has 0 heterocycles. The summed E-state index contributed by atoms with van der Waals surface area (Å²) in [6.45, 7) is 7.06. The Hall–Kier alpha value is -1.94. The number of carbonyl (C=O) groups excluding carboxylic acids is 4. The van der Waals surface area contributed by atoms with Gasteiger partial charge in [-0.25, -0.2) is 9.13 Å². The van der Waals surface area contributed by atoms with E-state index in [2.05, 4.69) is 34.6 Å². The first-order valence-corrected chi connectivity index (χ1v) is 37.2. The zero-order valence-electron chi connectivity index (χ0n) is 54.0. The van der Waals surface area contributed by atoms with E-state index in [0.29, 0.717) is 25.7 Å². The third-order valence-corrected chi connectivity index (χ3v) is 17.3. The molecule has 17 nitrogen and oxygen atoms in total. The highest BCUT2D eigenvalue weighted by molar-refractivity contribution is 7.47. The van der Waals surface area contributed by atoms with Crippen LogP contribution in [0.15, 0.2) is 0 Å². The summed E-state index contributed by atoms with van der Waals surface area (Å²) in [6.07, 6.45) is 43.7. The standard InChI is InChI=1S/C65H126O17P2/c1-6-10-13-16-18-20-21-22-23-24-25-26-27-28-29-30-32-34-41-46-51-65(70)82-61(55-76-63(68)49-44-39-36-35-38-42-47-58(5)9-4)57-80-84(73,74)78-53-59(66)52-77-83(71,72)79-56-60(54-75-62(67)48-43-37-15-12-8-3)81-64(69)50-45-40-33-31-19-17-14-11-7-2/h58-61,66H,6-57H2,1-5H3,(H,71,72)(H,73,74)/t58?,59-,60+,61+/m0/s1. The normalized spacial score (nSPS) is 14.5. The molecule has 0 radical (unpaired) electrons. The van der Waals surface area contributed by atoms with Crippen molar-refractivity contribution in [3.8, 4) is 0 Å². The first kappa shape index (κ1) is 82.1. The van der Waals surface area contributed by atoms with Crippen LogP contribution in [-0.2, 0) is 65.4 Å². The van der Waals surface area contributed by atoms with E-state index in [4.69, 9.17) is 37.0 Å². The molecule has 3 unspecified atom stereocenters. The summed E-state index contributed by atoms with van der Waals surface area (Å²) in [6, 6.07) is 0. The minimum atomic E-state index is -4.94. The first-order valence-electron chi connectivity index (χ1n) is 34.2. The number of phosphoric ester groups is 2. The van der Waals surface area contributed by atoms with Gasteiger partial charge in [-0.3, -0.25) is 37.3 Å². The van der Waals surface area contributed by atoms with Crippen LogP contribution in [0.4, 0.5) is 0 Å². The number of esters is 4. The van der Waals surface area contributed by atoms with Crippen LogP contribution >= 0.6 is 15.6 Å². The SMILES string of the molecule is CCCCCCCCCCCCCCCCCCCCCCC(=O)O[C@H](COC(=O)CCCCCCCCC(C)CC)COP(=O)(O)OC[C@@H](O)COP(=O)(O)OC[C@@H](COC(=O)CCCCCCC)OC(=O)CCCCCCCCCCC. The van der Waals surface area contributed by atoms with Gasteiger partial charge in [-0.15, -0.1) is 0 Å². The smallest absolute Gasteiger partial charge is 0.462 e. The maximum atomic E-state index is 13.0. The molecule has 0 aliphatic rings. The van der Waals surface area contributed by atoms with Gasteiger partial charge in [-0.1, -0.05) is 279 Å². The lowest BCUT2D eigenvalue weighted by molar-refractivity contribution is -0.161. The first-order chi connectivity index (χ1) is 40.6. The summed E-state index contributed by atoms with van der Waals surface area (Å²) in [5.74, 6) is -1.41. The minimum Gasteiger partial charge on any atom is -0.462 e. The molecule has 498 valence electrons. The van der Waals surface area contributed by atoms with Crippen LogP contribution in [-0.4, -0.2) is 96.7 Å². The highest BCUT2D eigenvalue weighted by Crippen LogP contribution is 2.45. The van der Waals surface area contributed by atoms with Gasteiger partial charge < -0.3 is 33.8 Å².